The largest absolute Gasteiger partial charge is 0.480 e. The van der Waals surface area contributed by atoms with Gasteiger partial charge < -0.3 is 15.7 Å². The fourth-order valence-corrected chi connectivity index (χ4v) is 2.87. The molecule has 5 nitrogen and oxygen atoms in total. The van der Waals surface area contributed by atoms with Crippen molar-refractivity contribution in [1.82, 2.24) is 10.6 Å². The van der Waals surface area contributed by atoms with Crippen LogP contribution in [0.1, 0.15) is 11.8 Å². The third-order valence-electron chi connectivity index (χ3n) is 2.20. The second-order valence-electron chi connectivity index (χ2n) is 3.75. The Morgan fingerprint density at radius 3 is 2.72 bits per heavy atom. The minimum absolute atomic E-state index is 0.224. The van der Waals surface area contributed by atoms with Crippen LogP contribution in [0.25, 0.3) is 0 Å². The van der Waals surface area contributed by atoms with Gasteiger partial charge in [0.15, 0.2) is 0 Å². The van der Waals surface area contributed by atoms with Gasteiger partial charge in [-0.05, 0) is 34.5 Å². The van der Waals surface area contributed by atoms with Gasteiger partial charge in [0, 0.05) is 24.9 Å². The number of halogens is 1. The molecule has 18 heavy (non-hydrogen) atoms. The van der Waals surface area contributed by atoms with Crippen LogP contribution in [0.5, 0.6) is 0 Å². The van der Waals surface area contributed by atoms with Crippen LogP contribution in [0.15, 0.2) is 15.9 Å². The van der Waals surface area contributed by atoms with Crippen molar-refractivity contribution in [3.63, 3.8) is 0 Å². The average molecular weight is 335 g/mol. The lowest BCUT2D eigenvalue weighted by molar-refractivity contribution is -0.141. The minimum Gasteiger partial charge on any atom is -0.480 e. The van der Waals surface area contributed by atoms with Gasteiger partial charge >= 0.3 is 5.97 Å². The zero-order valence-corrected chi connectivity index (χ0v) is 12.3. The van der Waals surface area contributed by atoms with Crippen molar-refractivity contribution >= 4 is 39.1 Å². The molecule has 0 aliphatic rings. The highest BCUT2D eigenvalue weighted by molar-refractivity contribution is 9.11. The first kappa shape index (κ1) is 15.1. The second kappa shape index (κ2) is 7.50. The fourth-order valence-electron chi connectivity index (χ4n) is 1.39. The second-order valence-corrected chi connectivity index (χ2v) is 6.30. The molecule has 0 fully saturated rings. The Morgan fingerprint density at radius 2 is 2.22 bits per heavy atom. The molecule has 0 radical (unpaired) electrons. The minimum atomic E-state index is -1.03. The lowest BCUT2D eigenvalue weighted by Crippen LogP contribution is -2.46. The number of thiophene rings is 1. The molecule has 1 aromatic heterocycles. The summed E-state index contributed by atoms with van der Waals surface area (Å²) in [5.74, 6) is -1.37. The van der Waals surface area contributed by atoms with Gasteiger partial charge in [0.2, 0.25) is 5.91 Å². The van der Waals surface area contributed by atoms with Crippen LogP contribution in [0.2, 0.25) is 0 Å². The van der Waals surface area contributed by atoms with Crippen molar-refractivity contribution in [2.45, 2.75) is 19.4 Å². The van der Waals surface area contributed by atoms with Crippen LogP contribution in [-0.4, -0.2) is 36.1 Å². The number of aliphatic carboxylic acids is 1. The predicted octanol–water partition coefficient (Wildman–Crippen LogP) is 1.23. The number of hydrogen-bond donors (Lipinski definition) is 3. The molecule has 0 aliphatic carbocycles. The van der Waals surface area contributed by atoms with Crippen LogP contribution in [0.3, 0.4) is 0 Å². The number of amides is 1. The molecule has 0 saturated carbocycles. The van der Waals surface area contributed by atoms with E-state index in [-0.39, 0.29) is 12.5 Å². The summed E-state index contributed by atoms with van der Waals surface area (Å²) < 4.78 is 1.08. The smallest absolute Gasteiger partial charge is 0.327 e. The van der Waals surface area contributed by atoms with E-state index in [1.165, 1.54) is 11.8 Å². The van der Waals surface area contributed by atoms with Crippen LogP contribution in [0.4, 0.5) is 0 Å². The van der Waals surface area contributed by atoms with Crippen LogP contribution >= 0.6 is 27.3 Å². The summed E-state index contributed by atoms with van der Waals surface area (Å²) in [6.45, 7) is 2.21. The summed E-state index contributed by atoms with van der Waals surface area (Å²) in [5.41, 5.74) is 0. The van der Waals surface area contributed by atoms with Gasteiger partial charge in [-0.3, -0.25) is 4.79 Å². The molecule has 0 saturated heterocycles. The Morgan fingerprint density at radius 1 is 1.50 bits per heavy atom. The van der Waals surface area contributed by atoms with Crippen molar-refractivity contribution in [2.75, 3.05) is 13.1 Å². The van der Waals surface area contributed by atoms with Gasteiger partial charge in [0.1, 0.15) is 6.04 Å². The van der Waals surface area contributed by atoms with E-state index in [1.807, 2.05) is 12.1 Å². The van der Waals surface area contributed by atoms with E-state index in [0.717, 1.165) is 10.2 Å². The van der Waals surface area contributed by atoms with Gasteiger partial charge in [-0.2, -0.15) is 0 Å². The molecular weight excluding hydrogens is 320 g/mol. The maximum atomic E-state index is 10.8. The maximum absolute atomic E-state index is 10.8. The molecule has 3 N–H and O–H groups in total. The molecule has 0 spiro atoms. The quantitative estimate of drug-likeness (QED) is 0.655. The third kappa shape index (κ3) is 5.61. The molecule has 1 amide bonds. The molecule has 7 heteroatoms. The van der Waals surface area contributed by atoms with Gasteiger partial charge in [-0.1, -0.05) is 0 Å². The Labute approximate surface area is 118 Å². The first-order chi connectivity index (χ1) is 8.49. The van der Waals surface area contributed by atoms with Crippen molar-refractivity contribution < 1.29 is 14.7 Å². The van der Waals surface area contributed by atoms with Crippen molar-refractivity contribution in [1.29, 1.82) is 0 Å². The number of nitrogens with one attached hydrogen (secondary N) is 2. The molecule has 1 unspecified atom stereocenters. The third-order valence-corrected chi connectivity index (χ3v) is 3.88. The van der Waals surface area contributed by atoms with Crippen molar-refractivity contribution in [2.24, 2.45) is 0 Å². The molecular formula is C11H15BrN2O3S. The highest BCUT2D eigenvalue weighted by Gasteiger charge is 2.17. The molecule has 100 valence electrons. The van der Waals surface area contributed by atoms with E-state index >= 15 is 0 Å². The lowest BCUT2D eigenvalue weighted by atomic mass is 10.2. The van der Waals surface area contributed by atoms with Crippen LogP contribution in [0, 0.1) is 0 Å². The summed E-state index contributed by atoms with van der Waals surface area (Å²) in [4.78, 5) is 22.9. The Kier molecular flexibility index (Phi) is 6.31. The molecule has 1 aromatic rings. The van der Waals surface area contributed by atoms with Crippen LogP contribution in [-0.2, 0) is 16.0 Å². The molecule has 0 bridgehead atoms. The Balaban J connectivity index is 2.26. The fraction of sp³-hybridized carbons (Fsp3) is 0.455. The normalized spacial score (nSPS) is 12.1. The Hall–Kier alpha value is -0.920. The highest BCUT2D eigenvalue weighted by Crippen LogP contribution is 2.21. The van der Waals surface area contributed by atoms with Crippen molar-refractivity contribution in [3.8, 4) is 0 Å². The molecule has 1 rings (SSSR count). The first-order valence-electron chi connectivity index (χ1n) is 5.44. The predicted molar refractivity (Wildman–Crippen MR) is 73.8 cm³/mol. The van der Waals surface area contributed by atoms with E-state index in [1.54, 1.807) is 11.3 Å². The number of carboxylic acid groups (broad SMARTS) is 1. The number of carboxylic acids is 1. The van der Waals surface area contributed by atoms with Gasteiger partial charge in [-0.15, -0.1) is 11.3 Å². The zero-order chi connectivity index (χ0) is 13.5. The Bertz CT molecular complexity index is 422. The van der Waals surface area contributed by atoms with Gasteiger partial charge in [0.05, 0.1) is 3.79 Å². The molecule has 1 atom stereocenters. The van der Waals surface area contributed by atoms with E-state index in [0.29, 0.717) is 6.54 Å². The molecule has 0 aromatic carbocycles. The first-order valence-corrected chi connectivity index (χ1v) is 7.05. The van der Waals surface area contributed by atoms with E-state index in [2.05, 4.69) is 26.6 Å². The van der Waals surface area contributed by atoms with E-state index in [4.69, 9.17) is 5.11 Å². The van der Waals surface area contributed by atoms with E-state index in [9.17, 15) is 9.59 Å². The average Bonchev–Trinajstić information content (AvgIpc) is 2.68. The van der Waals surface area contributed by atoms with Gasteiger partial charge in [0.25, 0.3) is 0 Å². The molecule has 1 heterocycles. The highest BCUT2D eigenvalue weighted by atomic mass is 79.9. The standard InChI is InChI=1S/C11H15BrN2O3S/c1-7(15)14-9(11(16)17)6-13-5-4-8-2-3-10(12)18-8/h2-3,9,13H,4-6H2,1H3,(H,14,15)(H,16,17). The summed E-state index contributed by atoms with van der Waals surface area (Å²) in [5, 5.41) is 14.3. The molecule has 0 aliphatic heterocycles. The SMILES string of the molecule is CC(=O)NC(CNCCc1ccc(Br)s1)C(=O)O. The van der Waals surface area contributed by atoms with Crippen LogP contribution < -0.4 is 10.6 Å². The maximum Gasteiger partial charge on any atom is 0.327 e. The van der Waals surface area contributed by atoms with E-state index < -0.39 is 12.0 Å². The van der Waals surface area contributed by atoms with Crippen molar-refractivity contribution in [3.05, 3.63) is 20.8 Å². The lowest BCUT2D eigenvalue weighted by Gasteiger charge is -2.13. The topological polar surface area (TPSA) is 78.4 Å². The number of rotatable bonds is 7. The summed E-state index contributed by atoms with van der Waals surface area (Å²) in [7, 11) is 0. The number of hydrogen-bond acceptors (Lipinski definition) is 4. The summed E-state index contributed by atoms with van der Waals surface area (Å²) in [6.07, 6.45) is 0.836. The number of carbonyl (C=O) groups is 2. The summed E-state index contributed by atoms with van der Waals surface area (Å²) in [6, 6.07) is 3.13. The number of carbonyl (C=O) groups excluding carboxylic acids is 1. The van der Waals surface area contributed by atoms with Gasteiger partial charge in [-0.25, -0.2) is 4.79 Å². The monoisotopic (exact) mass is 334 g/mol. The zero-order valence-electron chi connectivity index (χ0n) is 9.90. The summed E-state index contributed by atoms with van der Waals surface area (Å²) >= 11 is 5.04.